The smallest absolute Gasteiger partial charge is 0.138 e. The maximum atomic E-state index is 6.23. The fourth-order valence-electron chi connectivity index (χ4n) is 3.75. The van der Waals surface area contributed by atoms with E-state index in [1.54, 1.807) is 0 Å². The van der Waals surface area contributed by atoms with Gasteiger partial charge >= 0.3 is 0 Å². The summed E-state index contributed by atoms with van der Waals surface area (Å²) in [6.45, 7) is 4.69. The van der Waals surface area contributed by atoms with E-state index in [1.165, 1.54) is 5.56 Å². The van der Waals surface area contributed by atoms with Crippen LogP contribution in [0.3, 0.4) is 0 Å². The predicted molar refractivity (Wildman–Crippen MR) is 92.6 cm³/mol. The molecule has 0 radical (unpaired) electrons. The van der Waals surface area contributed by atoms with Crippen LogP contribution in [0.4, 0.5) is 5.69 Å². The first-order valence-electron chi connectivity index (χ1n) is 8.25. The highest BCUT2D eigenvalue weighted by molar-refractivity contribution is 5.66. The summed E-state index contributed by atoms with van der Waals surface area (Å²) in [4.78, 5) is 0. The Labute approximate surface area is 140 Å². The predicted octanol–water partition coefficient (Wildman–Crippen LogP) is 4.06. The molecule has 3 aliphatic heterocycles. The van der Waals surface area contributed by atoms with E-state index < -0.39 is 0 Å². The zero-order chi connectivity index (χ0) is 16.5. The monoisotopic (exact) mass is 321 g/mol. The fraction of sp³-hybridized carbons (Fsp3) is 0.300. The van der Waals surface area contributed by atoms with Crippen LogP contribution in [0, 0.1) is 0 Å². The van der Waals surface area contributed by atoms with E-state index in [9.17, 15) is 0 Å². The van der Waals surface area contributed by atoms with Crippen molar-refractivity contribution >= 4 is 11.8 Å². The summed E-state index contributed by atoms with van der Waals surface area (Å²) in [5.74, 6) is 2.78. The van der Waals surface area contributed by atoms with Crippen molar-refractivity contribution in [3.63, 3.8) is 0 Å². The van der Waals surface area contributed by atoms with Gasteiger partial charge < -0.3 is 19.9 Å². The lowest BCUT2D eigenvalue weighted by Crippen LogP contribution is -2.28. The number of hydrogen-bond donors (Lipinski definition) is 1. The molecule has 2 N–H and O–H groups in total. The van der Waals surface area contributed by atoms with Gasteiger partial charge in [-0.2, -0.15) is 0 Å². The average Bonchev–Trinajstić information content (AvgIpc) is 2.90. The number of nitrogen functional groups attached to an aromatic ring is 1. The van der Waals surface area contributed by atoms with Crippen molar-refractivity contribution in [3.8, 4) is 17.2 Å². The summed E-state index contributed by atoms with van der Waals surface area (Å²) in [7, 11) is 0. The maximum Gasteiger partial charge on any atom is 0.138 e. The molecule has 3 aliphatic rings. The second-order valence-corrected chi connectivity index (χ2v) is 7.22. The Hall–Kier alpha value is -2.62. The molecule has 122 valence electrons. The van der Waals surface area contributed by atoms with Crippen molar-refractivity contribution in [2.24, 2.45) is 0 Å². The van der Waals surface area contributed by atoms with E-state index in [-0.39, 0.29) is 17.6 Å². The molecule has 2 aromatic rings. The van der Waals surface area contributed by atoms with Gasteiger partial charge in [0.05, 0.1) is 12.5 Å². The SMILES string of the molecule is CC1(C)C=Cc2cc3c(cc2O1)OC[C@H]1c2ccc(N)cc2O[C@@H]31. The van der Waals surface area contributed by atoms with Crippen LogP contribution in [-0.4, -0.2) is 12.2 Å². The normalized spacial score (nSPS) is 24.6. The van der Waals surface area contributed by atoms with Gasteiger partial charge in [-0.1, -0.05) is 12.1 Å². The van der Waals surface area contributed by atoms with Gasteiger partial charge in [0.15, 0.2) is 0 Å². The van der Waals surface area contributed by atoms with E-state index in [4.69, 9.17) is 19.9 Å². The molecule has 0 aliphatic carbocycles. The second-order valence-electron chi connectivity index (χ2n) is 7.22. The molecule has 0 unspecified atom stereocenters. The van der Waals surface area contributed by atoms with E-state index in [0.29, 0.717) is 6.61 Å². The number of ether oxygens (including phenoxy) is 3. The van der Waals surface area contributed by atoms with Gasteiger partial charge in [0.25, 0.3) is 0 Å². The Morgan fingerprint density at radius 1 is 1.04 bits per heavy atom. The van der Waals surface area contributed by atoms with Crippen molar-refractivity contribution in [2.45, 2.75) is 31.5 Å². The highest BCUT2D eigenvalue weighted by atomic mass is 16.5. The first-order valence-corrected chi connectivity index (χ1v) is 8.25. The molecular weight excluding hydrogens is 302 g/mol. The number of fused-ring (bicyclic) bond motifs is 6. The minimum atomic E-state index is -0.296. The highest BCUT2D eigenvalue weighted by Gasteiger charge is 2.41. The van der Waals surface area contributed by atoms with Gasteiger partial charge in [0, 0.05) is 34.5 Å². The van der Waals surface area contributed by atoms with Gasteiger partial charge in [-0.3, -0.25) is 0 Å². The molecule has 0 fully saturated rings. The van der Waals surface area contributed by atoms with Crippen LogP contribution in [0.5, 0.6) is 17.2 Å². The highest BCUT2D eigenvalue weighted by Crippen LogP contribution is 2.52. The first kappa shape index (κ1) is 13.8. The molecule has 2 atom stereocenters. The van der Waals surface area contributed by atoms with E-state index in [0.717, 1.165) is 34.1 Å². The lowest BCUT2D eigenvalue weighted by atomic mass is 9.88. The molecule has 24 heavy (non-hydrogen) atoms. The maximum absolute atomic E-state index is 6.23. The quantitative estimate of drug-likeness (QED) is 0.743. The van der Waals surface area contributed by atoms with Crippen LogP contribution in [0.25, 0.3) is 6.08 Å². The Morgan fingerprint density at radius 2 is 1.92 bits per heavy atom. The molecule has 0 amide bonds. The lowest BCUT2D eigenvalue weighted by Gasteiger charge is -2.32. The third kappa shape index (κ3) is 1.92. The molecule has 0 spiro atoms. The topological polar surface area (TPSA) is 53.7 Å². The Morgan fingerprint density at radius 3 is 2.79 bits per heavy atom. The molecule has 0 bridgehead atoms. The molecule has 4 nitrogen and oxygen atoms in total. The molecule has 0 saturated heterocycles. The van der Waals surface area contributed by atoms with Crippen LogP contribution in [0.2, 0.25) is 0 Å². The minimum Gasteiger partial charge on any atom is -0.492 e. The van der Waals surface area contributed by atoms with Crippen LogP contribution in [-0.2, 0) is 0 Å². The average molecular weight is 321 g/mol. The summed E-state index contributed by atoms with van der Waals surface area (Å²) >= 11 is 0. The number of benzene rings is 2. The van der Waals surface area contributed by atoms with Gasteiger partial charge in [-0.15, -0.1) is 0 Å². The van der Waals surface area contributed by atoms with Crippen LogP contribution in [0.15, 0.2) is 36.4 Å². The van der Waals surface area contributed by atoms with Crippen LogP contribution in [0.1, 0.15) is 42.6 Å². The standard InChI is InChI=1S/C20H19NO3/c1-20(2)6-5-11-7-14-17(9-16(11)24-20)22-10-15-13-4-3-12(21)8-18(13)23-19(14)15/h3-9,15,19H,10,21H2,1-2H3/t15-,19-/m0/s1. The number of nitrogens with two attached hydrogens (primary N) is 1. The fourth-order valence-corrected chi connectivity index (χ4v) is 3.75. The molecule has 4 heteroatoms. The van der Waals surface area contributed by atoms with E-state index in [2.05, 4.69) is 18.2 Å². The second kappa shape index (κ2) is 4.47. The van der Waals surface area contributed by atoms with Gasteiger partial charge in [0.2, 0.25) is 0 Å². The van der Waals surface area contributed by atoms with Crippen molar-refractivity contribution in [1.29, 1.82) is 0 Å². The number of anilines is 1. The third-order valence-corrected chi connectivity index (χ3v) is 4.96. The molecule has 0 aromatic heterocycles. The zero-order valence-corrected chi connectivity index (χ0v) is 13.7. The van der Waals surface area contributed by atoms with E-state index in [1.807, 2.05) is 38.1 Å². The van der Waals surface area contributed by atoms with Crippen molar-refractivity contribution in [2.75, 3.05) is 12.3 Å². The molecule has 5 rings (SSSR count). The van der Waals surface area contributed by atoms with Gasteiger partial charge in [0.1, 0.15) is 29.0 Å². The van der Waals surface area contributed by atoms with Crippen molar-refractivity contribution in [3.05, 3.63) is 53.1 Å². The summed E-state index contributed by atoms with van der Waals surface area (Å²) < 4.78 is 18.3. The number of rotatable bonds is 0. The van der Waals surface area contributed by atoms with Gasteiger partial charge in [-0.05, 0) is 32.1 Å². The Balaban J connectivity index is 1.59. The molecule has 0 saturated carbocycles. The molecule has 3 heterocycles. The van der Waals surface area contributed by atoms with Crippen LogP contribution >= 0.6 is 0 Å². The Kier molecular flexibility index (Phi) is 2.57. The minimum absolute atomic E-state index is 0.0285. The summed E-state index contributed by atoms with van der Waals surface area (Å²) in [6, 6.07) is 9.99. The third-order valence-electron chi connectivity index (χ3n) is 4.96. The number of hydrogen-bond acceptors (Lipinski definition) is 4. The summed E-state index contributed by atoms with van der Waals surface area (Å²) in [5.41, 5.74) is 9.63. The van der Waals surface area contributed by atoms with Crippen LogP contribution < -0.4 is 19.9 Å². The largest absolute Gasteiger partial charge is 0.492 e. The molecular formula is C20H19NO3. The lowest BCUT2D eigenvalue weighted by molar-refractivity contribution is 0.135. The summed E-state index contributed by atoms with van der Waals surface area (Å²) in [5, 5.41) is 0. The first-order chi connectivity index (χ1) is 11.5. The summed E-state index contributed by atoms with van der Waals surface area (Å²) in [6.07, 6.45) is 4.16. The zero-order valence-electron chi connectivity index (χ0n) is 13.7. The molecule has 2 aromatic carbocycles. The van der Waals surface area contributed by atoms with E-state index >= 15 is 0 Å². The Bertz CT molecular complexity index is 885. The van der Waals surface area contributed by atoms with Gasteiger partial charge in [-0.25, -0.2) is 0 Å². The van der Waals surface area contributed by atoms with Crippen molar-refractivity contribution < 1.29 is 14.2 Å². The van der Waals surface area contributed by atoms with Crippen molar-refractivity contribution in [1.82, 2.24) is 0 Å².